The Hall–Kier alpha value is -3.19. The van der Waals surface area contributed by atoms with E-state index in [1.54, 1.807) is 22.5 Å². The van der Waals surface area contributed by atoms with Gasteiger partial charge < -0.3 is 9.32 Å². The molecule has 1 aliphatic rings. The first-order chi connectivity index (χ1) is 15.1. The SMILES string of the molecule is Cc1ccc(CN(Cc2ccco2)C(=O)CCC(=O)N2CCC(c3ccccc3)=N2)s1. The summed E-state index contributed by atoms with van der Waals surface area (Å²) in [7, 11) is 0. The number of hydrogen-bond donors (Lipinski definition) is 0. The second-order valence-corrected chi connectivity index (χ2v) is 8.89. The molecular weight excluding hydrogens is 410 g/mol. The molecule has 3 aromatic rings. The lowest BCUT2D eigenvalue weighted by atomic mass is 10.1. The van der Waals surface area contributed by atoms with Crippen LogP contribution in [0.5, 0.6) is 0 Å². The van der Waals surface area contributed by atoms with Gasteiger partial charge in [0.05, 0.1) is 31.6 Å². The molecule has 2 amide bonds. The van der Waals surface area contributed by atoms with Crippen molar-refractivity contribution in [1.29, 1.82) is 0 Å². The van der Waals surface area contributed by atoms with Crippen LogP contribution in [0.4, 0.5) is 0 Å². The largest absolute Gasteiger partial charge is 0.467 e. The molecule has 2 aromatic heterocycles. The fourth-order valence-corrected chi connectivity index (χ4v) is 4.46. The zero-order valence-electron chi connectivity index (χ0n) is 17.5. The Morgan fingerprint density at radius 2 is 1.90 bits per heavy atom. The first-order valence-corrected chi connectivity index (χ1v) is 11.2. The van der Waals surface area contributed by atoms with E-state index in [2.05, 4.69) is 11.2 Å². The van der Waals surface area contributed by atoms with Gasteiger partial charge in [-0.3, -0.25) is 9.59 Å². The van der Waals surface area contributed by atoms with Crippen molar-refractivity contribution in [2.45, 2.75) is 39.3 Å². The quantitative estimate of drug-likeness (QED) is 0.520. The van der Waals surface area contributed by atoms with Crippen molar-refractivity contribution in [3.63, 3.8) is 0 Å². The molecule has 31 heavy (non-hydrogen) atoms. The number of aryl methyl sites for hydroxylation is 1. The van der Waals surface area contributed by atoms with Crippen LogP contribution < -0.4 is 0 Å². The number of amides is 2. The summed E-state index contributed by atoms with van der Waals surface area (Å²) >= 11 is 1.67. The van der Waals surface area contributed by atoms with Gasteiger partial charge in [0.1, 0.15) is 5.76 Å². The van der Waals surface area contributed by atoms with Crippen molar-refractivity contribution in [2.75, 3.05) is 6.54 Å². The number of hydrogen-bond acceptors (Lipinski definition) is 5. The Bertz CT molecular complexity index is 1060. The molecule has 6 nitrogen and oxygen atoms in total. The Balaban J connectivity index is 1.36. The van der Waals surface area contributed by atoms with Crippen molar-refractivity contribution < 1.29 is 14.0 Å². The standard InChI is InChI=1S/C24H25N3O3S/c1-18-9-10-21(31-18)17-26(16-20-8-5-15-30-20)23(28)11-12-24(29)27-14-13-22(25-27)19-6-3-2-4-7-19/h2-10,15H,11-14,16-17H2,1H3. The summed E-state index contributed by atoms with van der Waals surface area (Å²) in [6.07, 6.45) is 2.62. The molecular formula is C24H25N3O3S. The molecule has 0 saturated heterocycles. The van der Waals surface area contributed by atoms with Gasteiger partial charge in [-0.1, -0.05) is 30.3 Å². The normalized spacial score (nSPS) is 13.3. The number of rotatable bonds is 8. The summed E-state index contributed by atoms with van der Waals surface area (Å²) in [6.45, 7) is 3.50. The number of carbonyl (C=O) groups excluding carboxylic acids is 2. The van der Waals surface area contributed by atoms with Gasteiger partial charge in [-0.05, 0) is 36.8 Å². The number of carbonyl (C=O) groups is 2. The van der Waals surface area contributed by atoms with Gasteiger partial charge in [-0.25, -0.2) is 5.01 Å². The van der Waals surface area contributed by atoms with E-state index < -0.39 is 0 Å². The molecule has 0 atom stereocenters. The van der Waals surface area contributed by atoms with Crippen LogP contribution in [-0.4, -0.2) is 34.0 Å². The lowest BCUT2D eigenvalue weighted by Crippen LogP contribution is -2.31. The lowest BCUT2D eigenvalue weighted by Gasteiger charge is -2.21. The third-order valence-electron chi connectivity index (χ3n) is 5.17. The van der Waals surface area contributed by atoms with Crippen LogP contribution in [0.2, 0.25) is 0 Å². The van der Waals surface area contributed by atoms with Crippen LogP contribution in [0.25, 0.3) is 0 Å². The monoisotopic (exact) mass is 435 g/mol. The highest BCUT2D eigenvalue weighted by atomic mass is 32.1. The van der Waals surface area contributed by atoms with Crippen molar-refractivity contribution in [3.8, 4) is 0 Å². The van der Waals surface area contributed by atoms with Gasteiger partial charge in [-0.15, -0.1) is 11.3 Å². The molecule has 0 spiro atoms. The third-order valence-corrected chi connectivity index (χ3v) is 6.16. The molecule has 1 aliphatic heterocycles. The van der Waals surface area contributed by atoms with E-state index in [0.717, 1.165) is 28.3 Å². The van der Waals surface area contributed by atoms with Gasteiger partial charge in [0.15, 0.2) is 0 Å². The molecule has 0 N–H and O–H groups in total. The average Bonchev–Trinajstić information content (AvgIpc) is 3.54. The van der Waals surface area contributed by atoms with Crippen LogP contribution in [0.1, 0.15) is 40.3 Å². The van der Waals surface area contributed by atoms with Crippen LogP contribution in [0.3, 0.4) is 0 Å². The van der Waals surface area contributed by atoms with E-state index in [1.165, 1.54) is 9.89 Å². The van der Waals surface area contributed by atoms with E-state index in [4.69, 9.17) is 4.42 Å². The Morgan fingerprint density at radius 3 is 2.61 bits per heavy atom. The second kappa shape index (κ2) is 9.75. The lowest BCUT2D eigenvalue weighted by molar-refractivity contribution is -0.137. The van der Waals surface area contributed by atoms with Crippen molar-refractivity contribution >= 4 is 28.9 Å². The second-order valence-electron chi connectivity index (χ2n) is 7.52. The van der Waals surface area contributed by atoms with Crippen molar-refractivity contribution in [1.82, 2.24) is 9.91 Å². The Morgan fingerprint density at radius 1 is 1.06 bits per heavy atom. The van der Waals surface area contributed by atoms with Crippen molar-refractivity contribution in [2.24, 2.45) is 5.10 Å². The minimum absolute atomic E-state index is 0.0673. The van der Waals surface area contributed by atoms with E-state index in [0.29, 0.717) is 19.6 Å². The predicted octanol–water partition coefficient (Wildman–Crippen LogP) is 4.60. The number of hydrazone groups is 1. The maximum atomic E-state index is 13.0. The summed E-state index contributed by atoms with van der Waals surface area (Å²) in [5, 5.41) is 5.97. The molecule has 0 radical (unpaired) electrons. The molecule has 1 aromatic carbocycles. The fourth-order valence-electron chi connectivity index (χ4n) is 3.55. The molecule has 4 rings (SSSR count). The minimum Gasteiger partial charge on any atom is -0.467 e. The highest BCUT2D eigenvalue weighted by Gasteiger charge is 2.23. The first kappa shape index (κ1) is 21.1. The minimum atomic E-state index is -0.121. The van der Waals surface area contributed by atoms with Gasteiger partial charge in [0, 0.05) is 29.0 Å². The third kappa shape index (κ3) is 5.49. The maximum absolute atomic E-state index is 13.0. The Kier molecular flexibility index (Phi) is 6.62. The zero-order chi connectivity index (χ0) is 21.6. The summed E-state index contributed by atoms with van der Waals surface area (Å²) in [5.41, 5.74) is 1.94. The molecule has 3 heterocycles. The maximum Gasteiger partial charge on any atom is 0.243 e. The van der Waals surface area contributed by atoms with Crippen LogP contribution >= 0.6 is 11.3 Å². The van der Waals surface area contributed by atoms with Gasteiger partial charge in [-0.2, -0.15) is 5.10 Å². The Labute approximate surface area is 185 Å². The summed E-state index contributed by atoms with van der Waals surface area (Å²) in [5.74, 6) is 0.538. The predicted molar refractivity (Wildman–Crippen MR) is 121 cm³/mol. The number of benzene rings is 1. The van der Waals surface area contributed by atoms with Crippen LogP contribution in [-0.2, 0) is 22.7 Å². The molecule has 7 heteroatoms. The molecule has 0 fully saturated rings. The first-order valence-electron chi connectivity index (χ1n) is 10.4. The van der Waals surface area contributed by atoms with Gasteiger partial charge in [0.2, 0.25) is 11.8 Å². The van der Waals surface area contributed by atoms with E-state index in [9.17, 15) is 9.59 Å². The molecule has 0 unspecified atom stereocenters. The molecule has 0 bridgehead atoms. The number of nitrogens with zero attached hydrogens (tertiary/aromatic N) is 3. The van der Waals surface area contributed by atoms with Gasteiger partial charge >= 0.3 is 0 Å². The van der Waals surface area contributed by atoms with Crippen molar-refractivity contribution in [3.05, 3.63) is 81.9 Å². The van der Waals surface area contributed by atoms with E-state index in [1.807, 2.05) is 55.5 Å². The molecule has 0 aliphatic carbocycles. The smallest absolute Gasteiger partial charge is 0.243 e. The summed E-state index contributed by atoms with van der Waals surface area (Å²) in [6, 6.07) is 17.6. The highest BCUT2D eigenvalue weighted by Crippen LogP contribution is 2.20. The van der Waals surface area contributed by atoms with Gasteiger partial charge in [0.25, 0.3) is 0 Å². The fraction of sp³-hybridized carbons (Fsp3) is 0.292. The van der Waals surface area contributed by atoms with Crippen LogP contribution in [0.15, 0.2) is 70.4 Å². The number of furan rings is 1. The average molecular weight is 436 g/mol. The summed E-state index contributed by atoms with van der Waals surface area (Å²) in [4.78, 5) is 29.7. The highest BCUT2D eigenvalue weighted by molar-refractivity contribution is 7.11. The molecule has 160 valence electrons. The van der Waals surface area contributed by atoms with E-state index >= 15 is 0 Å². The van der Waals surface area contributed by atoms with Crippen LogP contribution in [0, 0.1) is 6.92 Å². The summed E-state index contributed by atoms with van der Waals surface area (Å²) < 4.78 is 5.43. The zero-order valence-corrected chi connectivity index (χ0v) is 18.3. The van der Waals surface area contributed by atoms with E-state index in [-0.39, 0.29) is 24.7 Å². The number of thiophene rings is 1. The topological polar surface area (TPSA) is 66.1 Å². The molecule has 0 saturated carbocycles.